The molecule has 1 aromatic carbocycles. The van der Waals surface area contributed by atoms with Gasteiger partial charge in [0.2, 0.25) is 5.91 Å². The molecule has 2 aromatic rings. The van der Waals surface area contributed by atoms with Gasteiger partial charge in [0.1, 0.15) is 5.82 Å². The number of benzene rings is 1. The summed E-state index contributed by atoms with van der Waals surface area (Å²) >= 11 is 6.03. The number of rotatable bonds is 5. The first-order chi connectivity index (χ1) is 17.1. The summed E-state index contributed by atoms with van der Waals surface area (Å²) in [6.45, 7) is 3.82. The molecule has 1 N–H and O–H groups in total. The highest BCUT2D eigenvalue weighted by atomic mass is 35.5. The number of hydrogen-bond acceptors (Lipinski definition) is 4. The Labute approximate surface area is 212 Å². The van der Waals surface area contributed by atoms with Crippen LogP contribution in [-0.2, 0) is 11.0 Å². The zero-order valence-corrected chi connectivity index (χ0v) is 20.5. The van der Waals surface area contributed by atoms with Crippen molar-refractivity contribution in [1.82, 2.24) is 14.8 Å². The number of amides is 2. The number of hydrogen-bond donors (Lipinski definition) is 1. The molecule has 11 heteroatoms. The van der Waals surface area contributed by atoms with Crippen molar-refractivity contribution in [2.24, 2.45) is 5.92 Å². The number of likely N-dealkylation sites (N-methyl/N-ethyl adjacent to an activating group) is 1. The second-order valence-electron chi connectivity index (χ2n) is 9.20. The molecule has 36 heavy (non-hydrogen) atoms. The maximum atomic E-state index is 13.4. The summed E-state index contributed by atoms with van der Waals surface area (Å²) in [6, 6.07) is 9.29. The van der Waals surface area contributed by atoms with Crippen LogP contribution >= 0.6 is 11.6 Å². The van der Waals surface area contributed by atoms with Crippen molar-refractivity contribution in [2.45, 2.75) is 37.9 Å². The molecule has 0 bridgehead atoms. The quantitative estimate of drug-likeness (QED) is 0.598. The molecule has 194 valence electrons. The van der Waals surface area contributed by atoms with Crippen LogP contribution in [0.5, 0.6) is 0 Å². The van der Waals surface area contributed by atoms with Gasteiger partial charge in [-0.3, -0.25) is 4.79 Å². The molecule has 0 saturated carbocycles. The Kier molecular flexibility index (Phi) is 7.63. The van der Waals surface area contributed by atoms with Crippen LogP contribution in [0.4, 0.5) is 23.8 Å². The van der Waals surface area contributed by atoms with E-state index in [0.29, 0.717) is 56.4 Å². The van der Waals surface area contributed by atoms with Crippen molar-refractivity contribution in [3.63, 3.8) is 0 Å². The number of alkyl halides is 3. The third kappa shape index (κ3) is 5.53. The number of halogens is 4. The van der Waals surface area contributed by atoms with E-state index in [4.69, 9.17) is 11.6 Å². The van der Waals surface area contributed by atoms with Gasteiger partial charge in [0.25, 0.3) is 0 Å². The number of carbonyl (C=O) groups excluding carboxylic acids is 1. The van der Waals surface area contributed by atoms with Crippen molar-refractivity contribution in [1.29, 1.82) is 0 Å². The summed E-state index contributed by atoms with van der Waals surface area (Å²) in [7, 11) is 0. The summed E-state index contributed by atoms with van der Waals surface area (Å²) < 4.78 is 38.4. The lowest BCUT2D eigenvalue weighted by molar-refractivity contribution is -0.138. The van der Waals surface area contributed by atoms with Crippen LogP contribution in [0.3, 0.4) is 0 Å². The Bertz CT molecular complexity index is 1070. The van der Waals surface area contributed by atoms with Gasteiger partial charge in [-0.2, -0.15) is 13.2 Å². The van der Waals surface area contributed by atoms with E-state index < -0.39 is 17.8 Å². The van der Waals surface area contributed by atoms with Gasteiger partial charge in [-0.1, -0.05) is 23.7 Å². The van der Waals surface area contributed by atoms with Gasteiger partial charge >= 0.3 is 12.3 Å². The van der Waals surface area contributed by atoms with Gasteiger partial charge in [0.15, 0.2) is 0 Å². The summed E-state index contributed by atoms with van der Waals surface area (Å²) in [6.07, 6.45) is -3.53. The molecule has 3 heterocycles. The monoisotopic (exact) mass is 524 g/mol. The van der Waals surface area contributed by atoms with Crippen LogP contribution in [0.1, 0.15) is 36.8 Å². The maximum absolute atomic E-state index is 13.4. The molecule has 2 saturated heterocycles. The second-order valence-corrected chi connectivity index (χ2v) is 9.64. The third-order valence-electron chi connectivity index (χ3n) is 7.13. The third-order valence-corrected chi connectivity index (χ3v) is 7.38. The molecule has 0 unspecified atom stereocenters. The lowest BCUT2D eigenvalue weighted by Crippen LogP contribution is -2.45. The molecule has 4 rings (SSSR count). The molecule has 2 aliphatic heterocycles. The molecule has 7 nitrogen and oxygen atoms in total. The maximum Gasteiger partial charge on any atom is 0.417 e. The fraction of sp³-hybridized carbons (Fsp3) is 0.480. The van der Waals surface area contributed by atoms with E-state index in [1.807, 2.05) is 17.0 Å². The van der Waals surface area contributed by atoms with E-state index in [2.05, 4.69) is 4.98 Å². The Morgan fingerprint density at radius 3 is 2.31 bits per heavy atom. The van der Waals surface area contributed by atoms with Crippen LogP contribution in [0.25, 0.3) is 0 Å². The van der Waals surface area contributed by atoms with E-state index in [1.165, 1.54) is 11.0 Å². The van der Waals surface area contributed by atoms with Crippen molar-refractivity contribution < 1.29 is 27.9 Å². The number of carboxylic acid groups (broad SMARTS) is 1. The normalized spacial score (nSPS) is 21.0. The van der Waals surface area contributed by atoms with Crippen LogP contribution in [0.15, 0.2) is 42.6 Å². The highest BCUT2D eigenvalue weighted by molar-refractivity contribution is 6.30. The van der Waals surface area contributed by atoms with Crippen LogP contribution < -0.4 is 4.90 Å². The average Bonchev–Trinajstić information content (AvgIpc) is 3.29. The number of pyridine rings is 1. The van der Waals surface area contributed by atoms with Gasteiger partial charge in [0.05, 0.1) is 11.6 Å². The molecular weight excluding hydrogens is 497 g/mol. The fourth-order valence-electron chi connectivity index (χ4n) is 5.19. The van der Waals surface area contributed by atoms with Crippen molar-refractivity contribution in [2.75, 3.05) is 37.6 Å². The minimum Gasteiger partial charge on any atom is -0.465 e. The lowest BCUT2D eigenvalue weighted by atomic mass is 9.93. The first-order valence-corrected chi connectivity index (χ1v) is 12.3. The number of anilines is 1. The summed E-state index contributed by atoms with van der Waals surface area (Å²) in [5.74, 6) is 0.0369. The van der Waals surface area contributed by atoms with Crippen LogP contribution in [-0.4, -0.2) is 70.7 Å². The molecule has 2 aliphatic rings. The van der Waals surface area contributed by atoms with Crippen LogP contribution in [0.2, 0.25) is 5.02 Å². The van der Waals surface area contributed by atoms with E-state index >= 15 is 0 Å². The summed E-state index contributed by atoms with van der Waals surface area (Å²) in [4.78, 5) is 34.3. The van der Waals surface area contributed by atoms with Crippen LogP contribution in [0, 0.1) is 5.92 Å². The van der Waals surface area contributed by atoms with Gasteiger partial charge in [0, 0.05) is 55.8 Å². The van der Waals surface area contributed by atoms with Gasteiger partial charge in [-0.25, -0.2) is 9.78 Å². The molecule has 2 amide bonds. The van der Waals surface area contributed by atoms with E-state index in [-0.39, 0.29) is 23.8 Å². The van der Waals surface area contributed by atoms with E-state index in [0.717, 1.165) is 17.8 Å². The second kappa shape index (κ2) is 10.5. The highest BCUT2D eigenvalue weighted by Gasteiger charge is 2.42. The number of piperidine rings is 1. The zero-order valence-electron chi connectivity index (χ0n) is 19.8. The molecule has 0 spiro atoms. The number of aromatic nitrogens is 1. The SMILES string of the molecule is CCN(C(=O)O)[C@@H]1CN(C(=O)C2CCN(c3ccc(C(F)(F)F)cn3)CC2)C[C@H]1c1ccc(Cl)cc1. The van der Waals surface area contributed by atoms with Crippen molar-refractivity contribution >= 4 is 29.4 Å². The topological polar surface area (TPSA) is 77.0 Å². The Morgan fingerprint density at radius 1 is 1.11 bits per heavy atom. The first-order valence-electron chi connectivity index (χ1n) is 11.9. The largest absolute Gasteiger partial charge is 0.465 e. The zero-order chi connectivity index (χ0) is 26.0. The van der Waals surface area contributed by atoms with Gasteiger partial charge in [-0.05, 0) is 49.6 Å². The fourth-order valence-corrected chi connectivity index (χ4v) is 5.31. The standard InChI is InChI=1S/C25H28ClF3N4O3/c1-2-33(24(35)36)21-15-32(14-20(21)16-3-6-19(26)7-4-16)23(34)17-9-11-31(12-10-17)22-8-5-18(13-30-22)25(27,28)29/h3-8,13,17,20-21H,2,9-12,14-15H2,1H3,(H,35,36)/t20-,21+/m0/s1. The average molecular weight is 525 g/mol. The molecule has 2 atom stereocenters. The molecular formula is C25H28ClF3N4O3. The molecule has 1 aromatic heterocycles. The van der Waals surface area contributed by atoms with Crippen molar-refractivity contribution in [3.8, 4) is 0 Å². The number of carbonyl (C=O) groups is 2. The number of nitrogens with zero attached hydrogens (tertiary/aromatic N) is 4. The number of likely N-dealkylation sites (tertiary alicyclic amines) is 1. The van der Waals surface area contributed by atoms with Crippen molar-refractivity contribution in [3.05, 3.63) is 58.7 Å². The smallest absolute Gasteiger partial charge is 0.417 e. The predicted molar refractivity (Wildman–Crippen MR) is 129 cm³/mol. The lowest BCUT2D eigenvalue weighted by Gasteiger charge is -2.34. The molecule has 0 aliphatic carbocycles. The minimum atomic E-state index is -4.43. The van der Waals surface area contributed by atoms with E-state index in [9.17, 15) is 27.9 Å². The van der Waals surface area contributed by atoms with Gasteiger partial charge < -0.3 is 19.8 Å². The summed E-state index contributed by atoms with van der Waals surface area (Å²) in [5.41, 5.74) is 0.139. The Balaban J connectivity index is 1.43. The molecule has 0 radical (unpaired) electrons. The minimum absolute atomic E-state index is 0.0158. The Hall–Kier alpha value is -3.01. The van der Waals surface area contributed by atoms with E-state index in [1.54, 1.807) is 24.0 Å². The predicted octanol–water partition coefficient (Wildman–Crippen LogP) is 4.96. The highest BCUT2D eigenvalue weighted by Crippen LogP contribution is 2.35. The Morgan fingerprint density at radius 2 is 1.78 bits per heavy atom. The van der Waals surface area contributed by atoms with Gasteiger partial charge in [-0.15, -0.1) is 0 Å². The first kappa shape index (κ1) is 26.1. The summed E-state index contributed by atoms with van der Waals surface area (Å²) in [5, 5.41) is 10.3. The molecule has 2 fully saturated rings.